The van der Waals surface area contributed by atoms with E-state index in [9.17, 15) is 9.59 Å². The van der Waals surface area contributed by atoms with Crippen molar-refractivity contribution in [3.05, 3.63) is 71.5 Å². The number of anilines is 1. The minimum absolute atomic E-state index is 0.113. The smallest absolute Gasteiger partial charge is 0.262 e. The van der Waals surface area contributed by atoms with Crippen LogP contribution in [0.3, 0.4) is 0 Å². The zero-order valence-corrected chi connectivity index (χ0v) is 20.2. The molecule has 4 rings (SSSR count). The molecule has 0 saturated carbocycles. The number of Topliss-reactive ketones (excluding diaryl/α,β-unsaturated/α-hetero) is 1. The summed E-state index contributed by atoms with van der Waals surface area (Å²) >= 11 is 0. The van der Waals surface area contributed by atoms with Gasteiger partial charge in [-0.15, -0.1) is 0 Å². The monoisotopic (exact) mass is 491 g/mol. The molecule has 1 aliphatic rings. The Morgan fingerprint density at radius 2 is 1.64 bits per heavy atom. The van der Waals surface area contributed by atoms with Gasteiger partial charge >= 0.3 is 0 Å². The molecule has 1 N–H and O–H groups in total. The topological polar surface area (TPSA) is 102 Å². The second kappa shape index (κ2) is 10.7. The Kier molecular flexibility index (Phi) is 7.29. The van der Waals surface area contributed by atoms with Crippen LogP contribution in [0.1, 0.15) is 15.9 Å². The fourth-order valence-electron chi connectivity index (χ4n) is 3.72. The molecular weight excluding hydrogens is 466 g/mol. The minimum atomic E-state index is -0.363. The molecule has 186 valence electrons. The lowest BCUT2D eigenvalue weighted by Crippen LogP contribution is -2.20. The molecule has 9 nitrogen and oxygen atoms in total. The number of ether oxygens (including phenoxy) is 6. The van der Waals surface area contributed by atoms with Crippen molar-refractivity contribution in [2.24, 2.45) is 0 Å². The predicted molar refractivity (Wildman–Crippen MR) is 133 cm³/mol. The summed E-state index contributed by atoms with van der Waals surface area (Å²) in [6.45, 7) is -0.240. The number of ketones is 1. The van der Waals surface area contributed by atoms with E-state index < -0.39 is 0 Å². The molecule has 0 spiro atoms. The van der Waals surface area contributed by atoms with Gasteiger partial charge in [-0.25, -0.2) is 0 Å². The van der Waals surface area contributed by atoms with Crippen LogP contribution in [0.2, 0.25) is 0 Å². The first-order valence-electron chi connectivity index (χ1n) is 10.9. The van der Waals surface area contributed by atoms with Crippen molar-refractivity contribution in [3.63, 3.8) is 0 Å². The Balaban J connectivity index is 1.48. The average molecular weight is 491 g/mol. The summed E-state index contributed by atoms with van der Waals surface area (Å²) in [5, 5.41) is 2.74. The maximum atomic E-state index is 12.9. The van der Waals surface area contributed by atoms with Crippen LogP contribution in [-0.4, -0.2) is 46.7 Å². The first-order chi connectivity index (χ1) is 17.5. The van der Waals surface area contributed by atoms with Crippen LogP contribution in [0.5, 0.6) is 34.5 Å². The van der Waals surface area contributed by atoms with Crippen molar-refractivity contribution in [1.29, 1.82) is 0 Å². The lowest BCUT2D eigenvalue weighted by molar-refractivity contribution is -0.118. The van der Waals surface area contributed by atoms with Crippen LogP contribution in [0, 0.1) is 0 Å². The van der Waals surface area contributed by atoms with Crippen molar-refractivity contribution >= 4 is 23.5 Å². The van der Waals surface area contributed by atoms with Crippen LogP contribution in [0.4, 0.5) is 5.69 Å². The van der Waals surface area contributed by atoms with Crippen LogP contribution >= 0.6 is 0 Å². The number of benzene rings is 3. The van der Waals surface area contributed by atoms with Gasteiger partial charge in [0, 0.05) is 11.6 Å². The van der Waals surface area contributed by atoms with Crippen LogP contribution < -0.4 is 33.7 Å². The molecule has 0 bridgehead atoms. The lowest BCUT2D eigenvalue weighted by Gasteiger charge is -2.14. The van der Waals surface area contributed by atoms with Crippen molar-refractivity contribution < 1.29 is 38.0 Å². The van der Waals surface area contributed by atoms with Gasteiger partial charge in [0.05, 0.1) is 39.7 Å². The Bertz CT molecular complexity index is 1330. The van der Waals surface area contributed by atoms with Crippen molar-refractivity contribution in [3.8, 4) is 34.5 Å². The normalized spacial score (nSPS) is 13.0. The minimum Gasteiger partial charge on any atom is -0.495 e. The number of allylic oxidation sites excluding steroid dienone is 1. The fourth-order valence-corrected chi connectivity index (χ4v) is 3.72. The summed E-state index contributed by atoms with van der Waals surface area (Å²) < 4.78 is 32.8. The van der Waals surface area contributed by atoms with E-state index in [1.54, 1.807) is 60.7 Å². The highest BCUT2D eigenvalue weighted by molar-refractivity contribution is 6.14. The summed E-state index contributed by atoms with van der Waals surface area (Å²) in [6.07, 6.45) is 1.57. The third-order valence-electron chi connectivity index (χ3n) is 5.41. The number of rotatable bonds is 9. The number of nitrogens with one attached hydrogen (secondary N) is 1. The van der Waals surface area contributed by atoms with Gasteiger partial charge in [-0.05, 0) is 42.5 Å². The molecule has 0 aromatic heterocycles. The standard InChI is InChI=1S/C27H25NO8/c1-31-20-8-6-5-7-19(20)28-24(29)15-35-17-10-11-18-22(14-17)36-23(25(18)30)13-16-9-12-21(32-2)27(34-4)26(16)33-3/h5-14H,15H2,1-4H3,(H,28,29). The molecule has 0 fully saturated rings. The van der Waals surface area contributed by atoms with Gasteiger partial charge in [0.15, 0.2) is 23.9 Å². The van der Waals surface area contributed by atoms with Gasteiger partial charge in [0.1, 0.15) is 17.2 Å². The molecule has 9 heteroatoms. The third kappa shape index (κ3) is 4.90. The Morgan fingerprint density at radius 3 is 2.36 bits per heavy atom. The molecule has 3 aromatic rings. The largest absolute Gasteiger partial charge is 0.495 e. The molecule has 0 radical (unpaired) electrons. The highest BCUT2D eigenvalue weighted by Crippen LogP contribution is 2.42. The van der Waals surface area contributed by atoms with Gasteiger partial charge in [-0.1, -0.05) is 12.1 Å². The van der Waals surface area contributed by atoms with E-state index in [0.717, 1.165) is 0 Å². The molecule has 36 heavy (non-hydrogen) atoms. The summed E-state index contributed by atoms with van der Waals surface area (Å²) in [4.78, 5) is 25.2. The number of carbonyl (C=O) groups is 2. The van der Waals surface area contributed by atoms with E-state index in [2.05, 4.69) is 5.32 Å². The fraction of sp³-hybridized carbons (Fsp3) is 0.185. The van der Waals surface area contributed by atoms with Gasteiger partial charge < -0.3 is 33.7 Å². The highest BCUT2D eigenvalue weighted by Gasteiger charge is 2.29. The van der Waals surface area contributed by atoms with Gasteiger partial charge in [0.25, 0.3) is 5.91 Å². The molecule has 1 aliphatic heterocycles. The summed E-state index contributed by atoms with van der Waals surface area (Å²) in [6, 6.07) is 15.3. The van der Waals surface area contributed by atoms with Crippen molar-refractivity contribution in [2.45, 2.75) is 0 Å². The molecule has 3 aromatic carbocycles. The first kappa shape index (κ1) is 24.5. The van der Waals surface area contributed by atoms with E-state index in [1.807, 2.05) is 0 Å². The predicted octanol–water partition coefficient (Wildman–Crippen LogP) is 4.35. The average Bonchev–Trinajstić information content (AvgIpc) is 3.21. The van der Waals surface area contributed by atoms with Crippen LogP contribution in [0.25, 0.3) is 6.08 Å². The summed E-state index contributed by atoms with van der Waals surface area (Å²) in [7, 11) is 6.05. The zero-order valence-electron chi connectivity index (χ0n) is 20.2. The molecule has 0 saturated heterocycles. The molecule has 0 unspecified atom stereocenters. The number of amides is 1. The van der Waals surface area contributed by atoms with E-state index in [0.29, 0.717) is 51.3 Å². The molecule has 1 heterocycles. The number of fused-ring (bicyclic) bond motifs is 1. The Hall–Kier alpha value is -4.66. The number of para-hydroxylation sites is 2. The van der Waals surface area contributed by atoms with Gasteiger partial charge in [-0.2, -0.15) is 0 Å². The third-order valence-corrected chi connectivity index (χ3v) is 5.41. The van der Waals surface area contributed by atoms with Gasteiger partial charge in [-0.3, -0.25) is 9.59 Å². The zero-order chi connectivity index (χ0) is 25.7. The molecule has 1 amide bonds. The van der Waals surface area contributed by atoms with E-state index in [-0.39, 0.29) is 24.1 Å². The second-order valence-corrected chi connectivity index (χ2v) is 7.56. The second-order valence-electron chi connectivity index (χ2n) is 7.56. The van der Waals surface area contributed by atoms with E-state index >= 15 is 0 Å². The maximum absolute atomic E-state index is 12.9. The number of carbonyl (C=O) groups excluding carboxylic acids is 2. The summed E-state index contributed by atoms with van der Waals surface area (Å²) in [5.41, 5.74) is 1.50. The van der Waals surface area contributed by atoms with Crippen molar-refractivity contribution in [2.75, 3.05) is 40.4 Å². The van der Waals surface area contributed by atoms with E-state index in [4.69, 9.17) is 28.4 Å². The highest BCUT2D eigenvalue weighted by atomic mass is 16.5. The maximum Gasteiger partial charge on any atom is 0.262 e. The van der Waals surface area contributed by atoms with Crippen LogP contribution in [0.15, 0.2) is 60.4 Å². The van der Waals surface area contributed by atoms with Gasteiger partial charge in [0.2, 0.25) is 11.5 Å². The lowest BCUT2D eigenvalue weighted by atomic mass is 10.1. The SMILES string of the molecule is COc1ccccc1NC(=O)COc1ccc2c(c1)OC(=Cc1ccc(OC)c(OC)c1OC)C2=O. The quantitative estimate of drug-likeness (QED) is 0.441. The Morgan fingerprint density at radius 1 is 0.889 bits per heavy atom. The number of hydrogen-bond donors (Lipinski definition) is 1. The Labute approximate surface area is 208 Å². The number of methoxy groups -OCH3 is 4. The van der Waals surface area contributed by atoms with Crippen molar-refractivity contribution in [1.82, 2.24) is 0 Å². The number of hydrogen-bond acceptors (Lipinski definition) is 8. The first-order valence-corrected chi connectivity index (χ1v) is 10.9. The van der Waals surface area contributed by atoms with Crippen LogP contribution in [-0.2, 0) is 4.79 Å². The molecule has 0 aliphatic carbocycles. The summed E-state index contributed by atoms with van der Waals surface area (Å²) in [5.74, 6) is 2.01. The molecular formula is C27H25NO8. The molecule has 0 atom stereocenters. The van der Waals surface area contributed by atoms with E-state index in [1.165, 1.54) is 28.4 Å².